The summed E-state index contributed by atoms with van der Waals surface area (Å²) in [5.74, 6) is -0.698. The Bertz CT molecular complexity index is 765. The number of imide groups is 1. The van der Waals surface area contributed by atoms with E-state index in [2.05, 4.69) is 9.72 Å². The highest BCUT2D eigenvalue weighted by Gasteiger charge is 2.31. The maximum atomic E-state index is 12.5. The third-order valence-electron chi connectivity index (χ3n) is 3.17. The zero-order chi connectivity index (χ0) is 17.9. The van der Waals surface area contributed by atoms with Gasteiger partial charge in [0.15, 0.2) is 0 Å². The summed E-state index contributed by atoms with van der Waals surface area (Å²) in [7, 11) is 1.15. The molecule has 1 heterocycles. The third kappa shape index (κ3) is 3.22. The van der Waals surface area contributed by atoms with Gasteiger partial charge in [-0.2, -0.15) is 4.90 Å². The lowest BCUT2D eigenvalue weighted by atomic mass is 10.3. The number of para-hydroxylation sites is 2. The summed E-state index contributed by atoms with van der Waals surface area (Å²) in [5.41, 5.74) is 0.877. The molecule has 0 saturated carbocycles. The van der Waals surface area contributed by atoms with Crippen molar-refractivity contribution < 1.29 is 23.9 Å². The molecule has 0 aliphatic carbocycles. The summed E-state index contributed by atoms with van der Waals surface area (Å²) in [6.07, 6.45) is -1.99. The Morgan fingerprint density at radius 1 is 1.25 bits per heavy atom. The van der Waals surface area contributed by atoms with Crippen molar-refractivity contribution in [2.75, 3.05) is 12.0 Å². The molecule has 8 heteroatoms. The fourth-order valence-electron chi connectivity index (χ4n) is 2.14. The second-order valence-electron chi connectivity index (χ2n) is 5.22. The van der Waals surface area contributed by atoms with Gasteiger partial charge in [-0.1, -0.05) is 19.1 Å². The van der Waals surface area contributed by atoms with Crippen molar-refractivity contribution >= 4 is 35.1 Å². The normalized spacial score (nSPS) is 10.7. The van der Waals surface area contributed by atoms with Gasteiger partial charge in [0.2, 0.25) is 11.9 Å². The number of carbonyl (C=O) groups excluding carboxylic acids is 3. The van der Waals surface area contributed by atoms with Gasteiger partial charge in [0.25, 0.3) is 0 Å². The van der Waals surface area contributed by atoms with E-state index >= 15 is 0 Å². The standard InChI is InChI=1S/C16H19N3O5/c1-5-13(20)19(15(21)23-4)14-17-11-8-6-7-9-12(11)18(14)16(22)24-10(2)3/h6-10H,5H2,1-4H3. The number of carbonyl (C=O) groups is 3. The number of aromatic nitrogens is 2. The van der Waals surface area contributed by atoms with Gasteiger partial charge in [-0.25, -0.2) is 19.1 Å². The Kier molecular flexibility index (Phi) is 5.18. The van der Waals surface area contributed by atoms with Gasteiger partial charge in [-0.3, -0.25) is 4.79 Å². The molecule has 128 valence electrons. The topological polar surface area (TPSA) is 90.7 Å². The molecule has 2 amide bonds. The maximum Gasteiger partial charge on any atom is 0.423 e. The predicted octanol–water partition coefficient (Wildman–Crippen LogP) is 2.94. The van der Waals surface area contributed by atoms with Gasteiger partial charge in [0, 0.05) is 6.42 Å². The summed E-state index contributed by atoms with van der Waals surface area (Å²) in [5, 5.41) is 0. The lowest BCUT2D eigenvalue weighted by molar-refractivity contribution is -0.117. The second kappa shape index (κ2) is 7.12. The molecule has 0 unspecified atom stereocenters. The second-order valence-corrected chi connectivity index (χ2v) is 5.22. The molecule has 1 aromatic heterocycles. The first-order valence-corrected chi connectivity index (χ1v) is 7.50. The van der Waals surface area contributed by atoms with Gasteiger partial charge in [-0.05, 0) is 26.0 Å². The fraction of sp³-hybridized carbons (Fsp3) is 0.375. The molecule has 2 aromatic rings. The molecule has 0 atom stereocenters. The molecule has 8 nitrogen and oxygen atoms in total. The third-order valence-corrected chi connectivity index (χ3v) is 3.17. The SMILES string of the molecule is CCC(=O)N(C(=O)OC)c1nc2ccccc2n1C(=O)OC(C)C. The molecule has 0 bridgehead atoms. The number of rotatable bonds is 3. The summed E-state index contributed by atoms with van der Waals surface area (Å²) in [6.45, 7) is 5.00. The van der Waals surface area contributed by atoms with Crippen molar-refractivity contribution in [3.8, 4) is 0 Å². The van der Waals surface area contributed by atoms with Gasteiger partial charge < -0.3 is 9.47 Å². The minimum absolute atomic E-state index is 0.0392. The van der Waals surface area contributed by atoms with Crippen molar-refractivity contribution in [2.24, 2.45) is 0 Å². The average Bonchev–Trinajstić information content (AvgIpc) is 2.92. The van der Waals surface area contributed by atoms with Crippen LogP contribution in [0.4, 0.5) is 15.5 Å². The average molecular weight is 333 g/mol. The Hall–Kier alpha value is -2.90. The number of ether oxygens (including phenoxy) is 2. The van der Waals surface area contributed by atoms with E-state index in [0.717, 1.165) is 16.6 Å². The van der Waals surface area contributed by atoms with Gasteiger partial charge in [0.05, 0.1) is 24.2 Å². The molecule has 2 rings (SSSR count). The summed E-state index contributed by atoms with van der Waals surface area (Å²) in [6, 6.07) is 6.78. The highest BCUT2D eigenvalue weighted by atomic mass is 16.6. The monoisotopic (exact) mass is 333 g/mol. The molecule has 0 aliphatic heterocycles. The number of methoxy groups -OCH3 is 1. The summed E-state index contributed by atoms with van der Waals surface area (Å²) < 4.78 is 11.0. The van der Waals surface area contributed by atoms with Crippen molar-refractivity contribution in [1.29, 1.82) is 0 Å². The van der Waals surface area contributed by atoms with Crippen molar-refractivity contribution in [3.63, 3.8) is 0 Å². The van der Waals surface area contributed by atoms with E-state index in [0.29, 0.717) is 11.0 Å². The van der Waals surface area contributed by atoms with Crippen molar-refractivity contribution in [2.45, 2.75) is 33.3 Å². The van der Waals surface area contributed by atoms with Crippen LogP contribution in [0.5, 0.6) is 0 Å². The minimum Gasteiger partial charge on any atom is -0.452 e. The van der Waals surface area contributed by atoms with Crippen LogP contribution in [0.3, 0.4) is 0 Å². The van der Waals surface area contributed by atoms with E-state index in [4.69, 9.17) is 4.74 Å². The van der Waals surface area contributed by atoms with Crippen LogP contribution < -0.4 is 4.90 Å². The van der Waals surface area contributed by atoms with Crippen LogP contribution in [-0.4, -0.2) is 40.9 Å². The van der Waals surface area contributed by atoms with Crippen LogP contribution >= 0.6 is 0 Å². The predicted molar refractivity (Wildman–Crippen MR) is 86.9 cm³/mol. The lowest BCUT2D eigenvalue weighted by Gasteiger charge is -2.19. The van der Waals surface area contributed by atoms with Crippen molar-refractivity contribution in [3.05, 3.63) is 24.3 Å². The number of amides is 2. The highest BCUT2D eigenvalue weighted by molar-refractivity contribution is 6.12. The van der Waals surface area contributed by atoms with E-state index in [-0.39, 0.29) is 18.5 Å². The van der Waals surface area contributed by atoms with Crippen LogP contribution in [0.25, 0.3) is 11.0 Å². The fourth-order valence-corrected chi connectivity index (χ4v) is 2.14. The Labute approximate surface area is 139 Å². The van der Waals surface area contributed by atoms with Crippen LogP contribution in [-0.2, 0) is 14.3 Å². The zero-order valence-electron chi connectivity index (χ0n) is 14.0. The summed E-state index contributed by atoms with van der Waals surface area (Å²) >= 11 is 0. The van der Waals surface area contributed by atoms with Crippen molar-refractivity contribution in [1.82, 2.24) is 9.55 Å². The molecule has 0 radical (unpaired) electrons. The summed E-state index contributed by atoms with van der Waals surface area (Å²) in [4.78, 5) is 41.7. The molecule has 0 N–H and O–H groups in total. The number of nitrogens with zero attached hydrogens (tertiary/aromatic N) is 3. The number of fused-ring (bicyclic) bond motifs is 1. The Balaban J connectivity index is 2.69. The smallest absolute Gasteiger partial charge is 0.423 e. The molecule has 0 fully saturated rings. The van der Waals surface area contributed by atoms with E-state index in [9.17, 15) is 14.4 Å². The number of imidazole rings is 1. The molecule has 0 aliphatic rings. The van der Waals surface area contributed by atoms with Gasteiger partial charge in [0.1, 0.15) is 0 Å². The lowest BCUT2D eigenvalue weighted by Crippen LogP contribution is -2.39. The minimum atomic E-state index is -0.921. The molecule has 0 spiro atoms. The van der Waals surface area contributed by atoms with Crippen LogP contribution in [0.1, 0.15) is 27.2 Å². The molecular formula is C16H19N3O5. The number of hydrogen-bond donors (Lipinski definition) is 0. The maximum absolute atomic E-state index is 12.5. The van der Waals surface area contributed by atoms with E-state index < -0.39 is 18.1 Å². The van der Waals surface area contributed by atoms with Gasteiger partial charge in [-0.15, -0.1) is 0 Å². The molecular weight excluding hydrogens is 314 g/mol. The van der Waals surface area contributed by atoms with Crippen LogP contribution in [0.2, 0.25) is 0 Å². The molecule has 1 aromatic carbocycles. The highest BCUT2D eigenvalue weighted by Crippen LogP contribution is 2.24. The number of anilines is 1. The van der Waals surface area contributed by atoms with Gasteiger partial charge >= 0.3 is 12.2 Å². The first-order valence-electron chi connectivity index (χ1n) is 7.50. The van der Waals surface area contributed by atoms with E-state index in [1.54, 1.807) is 45.0 Å². The quantitative estimate of drug-likeness (QED) is 0.857. The largest absolute Gasteiger partial charge is 0.452 e. The first-order chi connectivity index (χ1) is 11.4. The van der Waals surface area contributed by atoms with E-state index in [1.807, 2.05) is 0 Å². The first kappa shape index (κ1) is 17.5. The zero-order valence-corrected chi connectivity index (χ0v) is 14.0. The van der Waals surface area contributed by atoms with Crippen LogP contribution in [0.15, 0.2) is 24.3 Å². The van der Waals surface area contributed by atoms with E-state index in [1.165, 1.54) is 0 Å². The number of hydrogen-bond acceptors (Lipinski definition) is 6. The Morgan fingerprint density at radius 2 is 1.92 bits per heavy atom. The Morgan fingerprint density at radius 3 is 2.50 bits per heavy atom. The number of benzene rings is 1. The molecule has 0 saturated heterocycles. The van der Waals surface area contributed by atoms with Crippen LogP contribution in [0, 0.1) is 0 Å². The molecule has 24 heavy (non-hydrogen) atoms.